The van der Waals surface area contributed by atoms with Crippen molar-refractivity contribution in [2.24, 2.45) is 0 Å². The van der Waals surface area contributed by atoms with Crippen LogP contribution in [0, 0.1) is 11.3 Å². The first kappa shape index (κ1) is 17.0. The highest BCUT2D eigenvalue weighted by molar-refractivity contribution is 7.79. The molecule has 0 spiro atoms. The SMILES string of the molecule is N#CC[P@@](=O)(c1ccccc1)c1ccccc1OCc1ccccc1. The number of rotatable bonds is 6. The molecule has 0 unspecified atom stereocenters. The summed E-state index contributed by atoms with van der Waals surface area (Å²) in [5, 5.41) is 10.5. The van der Waals surface area contributed by atoms with E-state index < -0.39 is 7.14 Å². The summed E-state index contributed by atoms with van der Waals surface area (Å²) in [6.07, 6.45) is -0.0529. The number of para-hydroxylation sites is 1. The van der Waals surface area contributed by atoms with Gasteiger partial charge in [0.15, 0.2) is 7.14 Å². The van der Waals surface area contributed by atoms with Gasteiger partial charge in [0.05, 0.1) is 17.5 Å². The van der Waals surface area contributed by atoms with Crippen molar-refractivity contribution in [3.05, 3.63) is 90.5 Å². The predicted octanol–water partition coefficient (Wildman–Crippen LogP) is 4.10. The third-order valence-corrected chi connectivity index (χ3v) is 6.83. The van der Waals surface area contributed by atoms with Crippen molar-refractivity contribution in [1.82, 2.24) is 0 Å². The zero-order chi connectivity index (χ0) is 17.5. The van der Waals surface area contributed by atoms with E-state index in [-0.39, 0.29) is 6.16 Å². The summed E-state index contributed by atoms with van der Waals surface area (Å²) in [4.78, 5) is 0. The molecule has 0 saturated carbocycles. The van der Waals surface area contributed by atoms with Crippen molar-refractivity contribution >= 4 is 17.8 Å². The maximum Gasteiger partial charge on any atom is 0.160 e. The maximum absolute atomic E-state index is 13.7. The average Bonchev–Trinajstić information content (AvgIpc) is 2.68. The molecule has 124 valence electrons. The topological polar surface area (TPSA) is 50.1 Å². The number of benzene rings is 3. The lowest BCUT2D eigenvalue weighted by Crippen LogP contribution is -2.20. The first-order valence-electron chi connectivity index (χ1n) is 8.02. The molecule has 0 aliphatic carbocycles. The van der Waals surface area contributed by atoms with Gasteiger partial charge in [-0.25, -0.2) is 0 Å². The van der Waals surface area contributed by atoms with Crippen LogP contribution in [0.2, 0.25) is 0 Å². The molecule has 4 heteroatoms. The highest BCUT2D eigenvalue weighted by atomic mass is 31.2. The molecule has 0 amide bonds. The molecule has 0 saturated heterocycles. The molecular formula is C21H18NO2P. The van der Waals surface area contributed by atoms with Crippen LogP contribution >= 0.6 is 7.14 Å². The van der Waals surface area contributed by atoms with Gasteiger partial charge in [-0.3, -0.25) is 0 Å². The predicted molar refractivity (Wildman–Crippen MR) is 101 cm³/mol. The van der Waals surface area contributed by atoms with Crippen LogP contribution in [0.4, 0.5) is 0 Å². The van der Waals surface area contributed by atoms with E-state index in [4.69, 9.17) is 4.74 Å². The Morgan fingerprint density at radius 1 is 0.840 bits per heavy atom. The highest BCUT2D eigenvalue weighted by Crippen LogP contribution is 2.45. The lowest BCUT2D eigenvalue weighted by Gasteiger charge is -2.20. The third kappa shape index (κ3) is 3.82. The number of nitriles is 1. The molecule has 25 heavy (non-hydrogen) atoms. The van der Waals surface area contributed by atoms with Crippen LogP contribution in [0.25, 0.3) is 0 Å². The minimum atomic E-state index is -3.07. The largest absolute Gasteiger partial charge is 0.488 e. The van der Waals surface area contributed by atoms with Gasteiger partial charge in [-0.05, 0) is 17.7 Å². The normalized spacial score (nSPS) is 12.8. The van der Waals surface area contributed by atoms with Crippen LogP contribution in [-0.2, 0) is 11.2 Å². The minimum absolute atomic E-state index is 0.0529. The second kappa shape index (κ2) is 7.83. The van der Waals surface area contributed by atoms with E-state index in [0.29, 0.717) is 23.0 Å². The van der Waals surface area contributed by atoms with Crippen molar-refractivity contribution in [1.29, 1.82) is 5.26 Å². The molecule has 0 fully saturated rings. The van der Waals surface area contributed by atoms with Crippen LogP contribution in [0.5, 0.6) is 5.75 Å². The first-order chi connectivity index (χ1) is 12.2. The Morgan fingerprint density at radius 3 is 2.12 bits per heavy atom. The number of hydrogen-bond donors (Lipinski definition) is 0. The lowest BCUT2D eigenvalue weighted by atomic mass is 10.2. The molecule has 3 aromatic carbocycles. The fourth-order valence-corrected chi connectivity index (χ4v) is 5.00. The molecule has 0 bridgehead atoms. The second-order valence-corrected chi connectivity index (χ2v) is 8.43. The van der Waals surface area contributed by atoms with Gasteiger partial charge < -0.3 is 9.30 Å². The van der Waals surface area contributed by atoms with Crippen LogP contribution < -0.4 is 15.3 Å². The molecule has 1 atom stereocenters. The molecule has 0 aliphatic heterocycles. The second-order valence-electron chi connectivity index (χ2n) is 5.63. The van der Waals surface area contributed by atoms with E-state index in [1.807, 2.05) is 78.9 Å². The Kier molecular flexibility index (Phi) is 5.33. The minimum Gasteiger partial charge on any atom is -0.488 e. The molecular weight excluding hydrogens is 329 g/mol. The average molecular weight is 347 g/mol. The summed E-state index contributed by atoms with van der Waals surface area (Å²) in [7, 11) is -3.07. The Balaban J connectivity index is 1.98. The Morgan fingerprint density at radius 2 is 1.44 bits per heavy atom. The number of nitrogens with zero attached hydrogens (tertiary/aromatic N) is 1. The van der Waals surface area contributed by atoms with Crippen molar-refractivity contribution in [3.8, 4) is 11.8 Å². The van der Waals surface area contributed by atoms with E-state index in [2.05, 4.69) is 6.07 Å². The lowest BCUT2D eigenvalue weighted by molar-refractivity contribution is 0.308. The quantitative estimate of drug-likeness (QED) is 0.631. The van der Waals surface area contributed by atoms with E-state index in [9.17, 15) is 9.83 Å². The zero-order valence-corrected chi connectivity index (χ0v) is 14.6. The molecule has 3 rings (SSSR count). The van der Waals surface area contributed by atoms with E-state index in [1.54, 1.807) is 6.07 Å². The van der Waals surface area contributed by atoms with E-state index in [0.717, 1.165) is 5.56 Å². The molecule has 3 aromatic rings. The molecule has 3 nitrogen and oxygen atoms in total. The smallest absolute Gasteiger partial charge is 0.160 e. The first-order valence-corrected chi connectivity index (χ1v) is 9.91. The summed E-state index contributed by atoms with van der Waals surface area (Å²) in [5.74, 6) is 0.564. The summed E-state index contributed by atoms with van der Waals surface area (Å²) in [6, 6.07) is 28.4. The Bertz CT molecular complexity index is 917. The van der Waals surface area contributed by atoms with Crippen LogP contribution in [0.1, 0.15) is 5.56 Å². The molecule has 0 N–H and O–H groups in total. The monoisotopic (exact) mass is 347 g/mol. The van der Waals surface area contributed by atoms with Gasteiger partial charge in [0.2, 0.25) is 0 Å². The molecule has 0 heterocycles. The van der Waals surface area contributed by atoms with Crippen LogP contribution in [0.3, 0.4) is 0 Å². The summed E-state index contributed by atoms with van der Waals surface area (Å²) in [5.41, 5.74) is 1.03. The van der Waals surface area contributed by atoms with Gasteiger partial charge in [0.1, 0.15) is 12.4 Å². The van der Waals surface area contributed by atoms with Gasteiger partial charge in [0.25, 0.3) is 0 Å². The summed E-state index contributed by atoms with van der Waals surface area (Å²) in [6.45, 7) is 0.388. The van der Waals surface area contributed by atoms with E-state index in [1.165, 1.54) is 0 Å². The van der Waals surface area contributed by atoms with Crippen LogP contribution in [-0.4, -0.2) is 6.16 Å². The standard InChI is InChI=1S/C21H18NO2P/c22-15-16-25(23,19-11-5-2-6-12-19)21-14-8-7-13-20(21)24-17-18-9-3-1-4-10-18/h1-14H,16-17H2/t25-/m1/s1. The maximum atomic E-state index is 13.7. The fraction of sp³-hybridized carbons (Fsp3) is 0.0952. The van der Waals surface area contributed by atoms with Gasteiger partial charge in [-0.1, -0.05) is 72.8 Å². The Hall–Kier alpha value is -2.82. The van der Waals surface area contributed by atoms with Crippen molar-refractivity contribution < 1.29 is 9.30 Å². The van der Waals surface area contributed by atoms with Gasteiger partial charge in [-0.2, -0.15) is 5.26 Å². The van der Waals surface area contributed by atoms with E-state index >= 15 is 0 Å². The molecule has 0 aromatic heterocycles. The van der Waals surface area contributed by atoms with Crippen molar-refractivity contribution in [3.63, 3.8) is 0 Å². The Labute approximate surface area is 147 Å². The van der Waals surface area contributed by atoms with Gasteiger partial charge >= 0.3 is 0 Å². The third-order valence-electron chi connectivity index (χ3n) is 3.96. The summed E-state index contributed by atoms with van der Waals surface area (Å²) < 4.78 is 19.7. The van der Waals surface area contributed by atoms with Gasteiger partial charge in [-0.15, -0.1) is 0 Å². The fourth-order valence-electron chi connectivity index (χ4n) is 2.70. The van der Waals surface area contributed by atoms with Crippen molar-refractivity contribution in [2.75, 3.05) is 6.16 Å². The van der Waals surface area contributed by atoms with Crippen LogP contribution in [0.15, 0.2) is 84.9 Å². The van der Waals surface area contributed by atoms with Crippen molar-refractivity contribution in [2.45, 2.75) is 6.61 Å². The highest BCUT2D eigenvalue weighted by Gasteiger charge is 2.30. The molecule has 0 aliphatic rings. The summed E-state index contributed by atoms with van der Waals surface area (Å²) >= 11 is 0. The zero-order valence-electron chi connectivity index (χ0n) is 13.7. The number of ether oxygens (including phenoxy) is 1. The molecule has 0 radical (unpaired) electrons. The van der Waals surface area contributed by atoms with Gasteiger partial charge in [0, 0.05) is 5.30 Å². The number of hydrogen-bond acceptors (Lipinski definition) is 3.